The van der Waals surface area contributed by atoms with Crippen LogP contribution in [0, 0.1) is 10.3 Å². The molecule has 1 aromatic carbocycles. The molecule has 10 heavy (non-hydrogen) atoms. The van der Waals surface area contributed by atoms with Crippen LogP contribution in [-0.4, -0.2) is 5.84 Å². The topological polar surface area (TPSA) is 53.3 Å². The van der Waals surface area contributed by atoms with Crippen LogP contribution in [0.2, 0.25) is 0 Å². The van der Waals surface area contributed by atoms with Crippen molar-refractivity contribution in [3.63, 3.8) is 0 Å². The molecule has 0 heterocycles. The van der Waals surface area contributed by atoms with Crippen molar-refractivity contribution in [2.45, 2.75) is 0 Å². The van der Waals surface area contributed by atoms with Gasteiger partial charge in [0.2, 0.25) is 0 Å². The molecule has 0 spiro atoms. The van der Waals surface area contributed by atoms with Crippen LogP contribution in [0.4, 0.5) is 0 Å². The van der Waals surface area contributed by atoms with Gasteiger partial charge >= 0.3 is 0 Å². The van der Waals surface area contributed by atoms with Gasteiger partial charge in [-0.3, -0.25) is 5.41 Å². The van der Waals surface area contributed by atoms with E-state index >= 15 is 0 Å². The second kappa shape index (κ2) is 2.87. The molecule has 0 radical (unpaired) electrons. The molecule has 1 rings (SSSR count). The number of hydrogen-bond acceptors (Lipinski definition) is 2. The molecule has 1 N–H and O–H groups in total. The third kappa shape index (κ3) is 1.25. The van der Waals surface area contributed by atoms with E-state index in [1.165, 1.54) is 0 Å². The molecule has 3 heteroatoms. The molecule has 0 saturated carbocycles. The van der Waals surface area contributed by atoms with Crippen LogP contribution in [0.3, 0.4) is 0 Å². The third-order valence-electron chi connectivity index (χ3n) is 1.14. The Morgan fingerprint density at radius 3 is 2.40 bits per heavy atom. The summed E-state index contributed by atoms with van der Waals surface area (Å²) < 4.78 is 0. The van der Waals surface area contributed by atoms with Crippen LogP contribution in [0.25, 0.3) is 0 Å². The van der Waals surface area contributed by atoms with Crippen LogP contribution in [0.5, 0.6) is 0 Å². The highest BCUT2D eigenvalue weighted by Crippen LogP contribution is 1.99. The minimum absolute atomic E-state index is 0.222. The highest BCUT2D eigenvalue weighted by Gasteiger charge is 1.96. The first kappa shape index (κ1) is 6.61. The Hall–Kier alpha value is -1.51. The van der Waals surface area contributed by atoms with Crippen LogP contribution >= 0.6 is 0 Å². The molecule has 0 aliphatic heterocycles. The Bertz CT molecular complexity index is 243. The van der Waals surface area contributed by atoms with Gasteiger partial charge in [0.15, 0.2) is 5.84 Å². The van der Waals surface area contributed by atoms with Gasteiger partial charge in [-0.25, -0.2) is 0 Å². The van der Waals surface area contributed by atoms with Crippen molar-refractivity contribution >= 4 is 5.84 Å². The predicted molar refractivity (Wildman–Crippen MR) is 39.1 cm³/mol. The molecule has 0 unspecified atom stereocenters. The van der Waals surface area contributed by atoms with E-state index in [1.54, 1.807) is 24.3 Å². The smallest absolute Gasteiger partial charge is 0.196 e. The molecule has 3 nitrogen and oxygen atoms in total. The zero-order valence-electron chi connectivity index (χ0n) is 5.24. The fourth-order valence-corrected chi connectivity index (χ4v) is 0.649. The van der Waals surface area contributed by atoms with Crippen molar-refractivity contribution in [1.82, 2.24) is 0 Å². The number of benzene rings is 1. The van der Waals surface area contributed by atoms with E-state index < -0.39 is 0 Å². The van der Waals surface area contributed by atoms with Gasteiger partial charge in [0.1, 0.15) is 0 Å². The standard InChI is InChI=1S/C7H6N2O/c8-7(9-10)6-4-2-1-3-5-6/h1-5,8H. The van der Waals surface area contributed by atoms with Crippen molar-refractivity contribution in [3.05, 3.63) is 40.8 Å². The Balaban J connectivity index is 2.95. The maximum absolute atomic E-state index is 9.83. The number of nitroso groups, excluding NO2 is 1. The molecular weight excluding hydrogens is 128 g/mol. The molecule has 0 aromatic heterocycles. The lowest BCUT2D eigenvalue weighted by Crippen LogP contribution is -1.90. The monoisotopic (exact) mass is 134 g/mol. The minimum atomic E-state index is -0.222. The van der Waals surface area contributed by atoms with E-state index in [1.807, 2.05) is 6.07 Å². The average Bonchev–Trinajstić information content (AvgIpc) is 2.05. The first-order valence-corrected chi connectivity index (χ1v) is 2.82. The largest absolute Gasteiger partial charge is 0.279 e. The van der Waals surface area contributed by atoms with Gasteiger partial charge in [0.05, 0.1) is 0 Å². The van der Waals surface area contributed by atoms with Crippen molar-refractivity contribution in [2.75, 3.05) is 0 Å². The van der Waals surface area contributed by atoms with Gasteiger partial charge in [-0.2, -0.15) is 0 Å². The summed E-state index contributed by atoms with van der Waals surface area (Å²) in [4.78, 5) is 9.83. The first-order chi connectivity index (χ1) is 4.84. The van der Waals surface area contributed by atoms with Gasteiger partial charge < -0.3 is 0 Å². The summed E-state index contributed by atoms with van der Waals surface area (Å²) in [5.74, 6) is -0.222. The Morgan fingerprint density at radius 1 is 1.30 bits per heavy atom. The molecule has 0 fully saturated rings. The van der Waals surface area contributed by atoms with E-state index in [-0.39, 0.29) is 5.84 Å². The zero-order valence-corrected chi connectivity index (χ0v) is 5.24. The summed E-state index contributed by atoms with van der Waals surface area (Å²) in [7, 11) is 0. The Labute approximate surface area is 58.2 Å². The molecule has 0 aliphatic rings. The Kier molecular flexibility index (Phi) is 1.89. The molecule has 0 aliphatic carbocycles. The molecule has 0 atom stereocenters. The molecule has 0 saturated heterocycles. The Morgan fingerprint density at radius 2 is 1.90 bits per heavy atom. The van der Waals surface area contributed by atoms with Gasteiger partial charge in [0.25, 0.3) is 0 Å². The lowest BCUT2D eigenvalue weighted by molar-refractivity contribution is 1.41. The van der Waals surface area contributed by atoms with Crippen molar-refractivity contribution in [2.24, 2.45) is 5.18 Å². The molecule has 50 valence electrons. The molecule has 0 amide bonds. The number of rotatable bonds is 1. The van der Waals surface area contributed by atoms with E-state index in [0.717, 1.165) is 0 Å². The van der Waals surface area contributed by atoms with Gasteiger partial charge in [-0.15, -0.1) is 4.91 Å². The highest BCUT2D eigenvalue weighted by molar-refractivity contribution is 5.96. The van der Waals surface area contributed by atoms with Crippen LogP contribution < -0.4 is 0 Å². The average molecular weight is 134 g/mol. The fourth-order valence-electron chi connectivity index (χ4n) is 0.649. The summed E-state index contributed by atoms with van der Waals surface area (Å²) in [5, 5.41) is 9.49. The summed E-state index contributed by atoms with van der Waals surface area (Å²) in [6.07, 6.45) is 0. The molecule has 1 aromatic rings. The summed E-state index contributed by atoms with van der Waals surface area (Å²) in [6.45, 7) is 0. The maximum atomic E-state index is 9.83. The van der Waals surface area contributed by atoms with E-state index in [2.05, 4.69) is 5.18 Å². The van der Waals surface area contributed by atoms with Crippen molar-refractivity contribution < 1.29 is 0 Å². The minimum Gasteiger partial charge on any atom is -0.279 e. The van der Waals surface area contributed by atoms with Crippen molar-refractivity contribution in [3.8, 4) is 0 Å². The summed E-state index contributed by atoms with van der Waals surface area (Å²) >= 11 is 0. The third-order valence-corrected chi connectivity index (χ3v) is 1.14. The highest BCUT2D eigenvalue weighted by atomic mass is 16.3. The fraction of sp³-hybridized carbons (Fsp3) is 0. The van der Waals surface area contributed by atoms with Gasteiger partial charge in [0, 0.05) is 5.56 Å². The molecule has 0 bridgehead atoms. The predicted octanol–water partition coefficient (Wildman–Crippen LogP) is 1.78. The second-order valence-corrected chi connectivity index (χ2v) is 1.81. The lowest BCUT2D eigenvalue weighted by Gasteiger charge is -1.90. The molecular formula is C7H6N2O. The lowest BCUT2D eigenvalue weighted by atomic mass is 10.2. The van der Waals surface area contributed by atoms with E-state index in [0.29, 0.717) is 5.56 Å². The van der Waals surface area contributed by atoms with E-state index in [9.17, 15) is 4.91 Å². The second-order valence-electron chi connectivity index (χ2n) is 1.81. The number of amidine groups is 1. The van der Waals surface area contributed by atoms with Crippen molar-refractivity contribution in [1.29, 1.82) is 5.41 Å². The van der Waals surface area contributed by atoms with E-state index in [4.69, 9.17) is 5.41 Å². The van der Waals surface area contributed by atoms with Crippen LogP contribution in [0.1, 0.15) is 5.56 Å². The number of nitrogens with zero attached hydrogens (tertiary/aromatic N) is 1. The maximum Gasteiger partial charge on any atom is 0.196 e. The number of nitrogens with one attached hydrogen (secondary N) is 1. The van der Waals surface area contributed by atoms with Gasteiger partial charge in [-0.05, 0) is 5.18 Å². The normalized spacial score (nSPS) is 8.80. The van der Waals surface area contributed by atoms with Gasteiger partial charge in [-0.1, -0.05) is 30.3 Å². The van der Waals surface area contributed by atoms with Crippen LogP contribution in [0.15, 0.2) is 35.5 Å². The first-order valence-electron chi connectivity index (χ1n) is 2.82. The summed E-state index contributed by atoms with van der Waals surface area (Å²) in [5.41, 5.74) is 0.553. The quantitative estimate of drug-likeness (QED) is 0.355. The van der Waals surface area contributed by atoms with Crippen LogP contribution in [-0.2, 0) is 0 Å². The number of hydrogen-bond donors (Lipinski definition) is 1. The SMILES string of the molecule is N=C(N=O)c1ccccc1. The summed E-state index contributed by atoms with van der Waals surface area (Å²) in [6, 6.07) is 8.68. The zero-order chi connectivity index (χ0) is 7.40.